The van der Waals surface area contributed by atoms with Gasteiger partial charge in [0.25, 0.3) is 0 Å². The summed E-state index contributed by atoms with van der Waals surface area (Å²) in [4.78, 5) is 19.0. The molecule has 160 valence electrons. The number of amides is 1. The minimum Gasteiger partial charge on any atom is -0.493 e. The first-order chi connectivity index (χ1) is 14.5. The first kappa shape index (κ1) is 21.7. The normalized spacial score (nSPS) is 13.8. The third kappa shape index (κ3) is 6.24. The van der Waals surface area contributed by atoms with Gasteiger partial charge in [-0.05, 0) is 60.2 Å². The van der Waals surface area contributed by atoms with E-state index >= 15 is 0 Å². The van der Waals surface area contributed by atoms with E-state index in [-0.39, 0.29) is 5.91 Å². The van der Waals surface area contributed by atoms with E-state index in [1.165, 1.54) is 18.9 Å². The van der Waals surface area contributed by atoms with Gasteiger partial charge >= 0.3 is 0 Å². The zero-order valence-corrected chi connectivity index (χ0v) is 18.1. The average Bonchev–Trinajstić information content (AvgIpc) is 3.30. The number of nitrogens with zero attached hydrogens (tertiary/aromatic N) is 2. The molecule has 1 aliphatic heterocycles. The van der Waals surface area contributed by atoms with Gasteiger partial charge in [0.1, 0.15) is 5.82 Å². The summed E-state index contributed by atoms with van der Waals surface area (Å²) in [5.41, 5.74) is 1.92. The highest BCUT2D eigenvalue weighted by atomic mass is 16.5. The van der Waals surface area contributed by atoms with Crippen molar-refractivity contribution in [2.24, 2.45) is 5.92 Å². The number of carbonyl (C=O) groups is 1. The summed E-state index contributed by atoms with van der Waals surface area (Å²) in [6, 6.07) is 9.63. The van der Waals surface area contributed by atoms with Gasteiger partial charge in [0.15, 0.2) is 11.5 Å². The Bertz CT molecular complexity index is 874. The van der Waals surface area contributed by atoms with E-state index in [4.69, 9.17) is 9.47 Å². The molecular formula is C24H31N3O3. The molecular weight excluding hydrogens is 378 g/mol. The summed E-state index contributed by atoms with van der Waals surface area (Å²) in [7, 11) is 1.61. The van der Waals surface area contributed by atoms with E-state index in [0.29, 0.717) is 30.6 Å². The zero-order valence-electron chi connectivity index (χ0n) is 18.1. The quantitative estimate of drug-likeness (QED) is 0.633. The van der Waals surface area contributed by atoms with Gasteiger partial charge in [0.05, 0.1) is 13.7 Å². The largest absolute Gasteiger partial charge is 0.493 e. The van der Waals surface area contributed by atoms with E-state index in [2.05, 4.69) is 35.1 Å². The molecule has 0 aliphatic carbocycles. The van der Waals surface area contributed by atoms with Gasteiger partial charge in [-0.25, -0.2) is 4.98 Å². The van der Waals surface area contributed by atoms with Crippen LogP contribution in [0.15, 0.2) is 42.6 Å². The summed E-state index contributed by atoms with van der Waals surface area (Å²) in [5, 5.41) is 2.93. The number of ether oxygens (including phenoxy) is 2. The van der Waals surface area contributed by atoms with Gasteiger partial charge in [-0.15, -0.1) is 0 Å². The Hall–Kier alpha value is -3.02. The molecule has 0 saturated carbocycles. The summed E-state index contributed by atoms with van der Waals surface area (Å²) in [6.07, 6.45) is 7.53. The molecule has 6 nitrogen and oxygen atoms in total. The molecule has 0 unspecified atom stereocenters. The second-order valence-electron chi connectivity index (χ2n) is 7.88. The van der Waals surface area contributed by atoms with Crippen LogP contribution in [0.4, 0.5) is 5.82 Å². The number of rotatable bonds is 9. The lowest BCUT2D eigenvalue weighted by molar-refractivity contribution is -0.116. The number of methoxy groups -OCH3 is 1. The number of aromatic nitrogens is 1. The van der Waals surface area contributed by atoms with Crippen molar-refractivity contribution in [1.82, 2.24) is 10.3 Å². The second kappa shape index (κ2) is 10.7. The first-order valence-corrected chi connectivity index (χ1v) is 10.5. The van der Waals surface area contributed by atoms with Gasteiger partial charge in [-0.3, -0.25) is 4.79 Å². The fraction of sp³-hybridized carbons (Fsp3) is 0.417. The fourth-order valence-corrected chi connectivity index (χ4v) is 3.27. The molecule has 0 radical (unpaired) electrons. The van der Waals surface area contributed by atoms with Gasteiger partial charge in [-0.1, -0.05) is 19.9 Å². The van der Waals surface area contributed by atoms with Crippen LogP contribution in [0.3, 0.4) is 0 Å². The van der Waals surface area contributed by atoms with Crippen molar-refractivity contribution in [2.45, 2.75) is 33.2 Å². The van der Waals surface area contributed by atoms with Gasteiger partial charge in [-0.2, -0.15) is 0 Å². The topological polar surface area (TPSA) is 63.7 Å². The first-order valence-electron chi connectivity index (χ1n) is 10.5. The molecule has 2 aromatic rings. The number of hydrogen-bond acceptors (Lipinski definition) is 5. The van der Waals surface area contributed by atoms with Gasteiger partial charge < -0.3 is 19.7 Å². The smallest absolute Gasteiger partial charge is 0.244 e. The second-order valence-corrected chi connectivity index (χ2v) is 7.88. The van der Waals surface area contributed by atoms with Crippen LogP contribution < -0.4 is 19.7 Å². The third-order valence-electron chi connectivity index (χ3n) is 4.89. The highest BCUT2D eigenvalue weighted by Gasteiger charge is 2.13. The Labute approximate surface area is 178 Å². The van der Waals surface area contributed by atoms with Crippen LogP contribution in [0.25, 0.3) is 6.08 Å². The maximum absolute atomic E-state index is 12.2. The van der Waals surface area contributed by atoms with Crippen LogP contribution >= 0.6 is 0 Å². The average molecular weight is 410 g/mol. The Morgan fingerprint density at radius 2 is 2.00 bits per heavy atom. The highest BCUT2D eigenvalue weighted by molar-refractivity contribution is 5.91. The minimum absolute atomic E-state index is 0.145. The molecule has 1 aromatic carbocycles. The van der Waals surface area contributed by atoms with E-state index in [0.717, 1.165) is 30.0 Å². The molecule has 0 spiro atoms. The third-order valence-corrected chi connectivity index (χ3v) is 4.89. The standard InChI is InChI=1S/C24H31N3O3/c1-18(2)17-30-21-8-6-19(14-22(21)29-3)7-9-24(28)26-16-20-10-11-25-23(15-20)27-12-4-5-13-27/h6-11,14-15,18H,4-5,12-13,16-17H2,1-3H3,(H,26,28)/b9-7+. The van der Waals surface area contributed by atoms with E-state index in [1.54, 1.807) is 19.4 Å². The lowest BCUT2D eigenvalue weighted by Crippen LogP contribution is -2.22. The summed E-state index contributed by atoms with van der Waals surface area (Å²) >= 11 is 0. The van der Waals surface area contributed by atoms with Crippen molar-refractivity contribution in [1.29, 1.82) is 0 Å². The molecule has 1 aliphatic rings. The van der Waals surface area contributed by atoms with Crippen LogP contribution in [0, 0.1) is 5.92 Å². The molecule has 6 heteroatoms. The van der Waals surface area contributed by atoms with Crippen LogP contribution in [0.1, 0.15) is 37.8 Å². The molecule has 0 atom stereocenters. The predicted molar refractivity (Wildman–Crippen MR) is 120 cm³/mol. The molecule has 0 bridgehead atoms. The molecule has 1 fully saturated rings. The van der Waals surface area contributed by atoms with Crippen LogP contribution in [0.5, 0.6) is 11.5 Å². The Balaban J connectivity index is 1.55. The fourth-order valence-electron chi connectivity index (χ4n) is 3.27. The Morgan fingerprint density at radius 3 is 2.73 bits per heavy atom. The molecule has 3 rings (SSSR count). The lowest BCUT2D eigenvalue weighted by Gasteiger charge is -2.16. The van der Waals surface area contributed by atoms with E-state index in [1.807, 2.05) is 24.3 Å². The number of hydrogen-bond donors (Lipinski definition) is 1. The van der Waals surface area contributed by atoms with Gasteiger partial charge in [0.2, 0.25) is 5.91 Å². The monoisotopic (exact) mass is 409 g/mol. The molecule has 1 aromatic heterocycles. The van der Waals surface area contributed by atoms with E-state index in [9.17, 15) is 4.79 Å². The number of anilines is 1. The zero-order chi connectivity index (χ0) is 21.3. The van der Waals surface area contributed by atoms with Gasteiger partial charge in [0, 0.05) is 31.9 Å². The molecule has 1 N–H and O–H groups in total. The van der Waals surface area contributed by atoms with Crippen molar-refractivity contribution < 1.29 is 14.3 Å². The Morgan fingerprint density at radius 1 is 1.20 bits per heavy atom. The van der Waals surface area contributed by atoms with Crippen molar-refractivity contribution in [3.63, 3.8) is 0 Å². The van der Waals surface area contributed by atoms with Crippen molar-refractivity contribution in [3.8, 4) is 11.5 Å². The number of nitrogens with one attached hydrogen (secondary N) is 1. The van der Waals surface area contributed by atoms with Crippen LogP contribution in [-0.4, -0.2) is 37.7 Å². The van der Waals surface area contributed by atoms with Crippen molar-refractivity contribution in [2.75, 3.05) is 31.7 Å². The lowest BCUT2D eigenvalue weighted by atomic mass is 10.2. The maximum atomic E-state index is 12.2. The number of pyridine rings is 1. The molecule has 30 heavy (non-hydrogen) atoms. The Kier molecular flexibility index (Phi) is 7.71. The predicted octanol–water partition coefficient (Wildman–Crippen LogP) is 4.05. The maximum Gasteiger partial charge on any atom is 0.244 e. The molecule has 2 heterocycles. The SMILES string of the molecule is COc1cc(/C=C/C(=O)NCc2ccnc(N3CCCC3)c2)ccc1OCC(C)C. The summed E-state index contributed by atoms with van der Waals surface area (Å²) in [6.45, 7) is 7.40. The van der Waals surface area contributed by atoms with Crippen molar-refractivity contribution >= 4 is 17.8 Å². The number of carbonyl (C=O) groups excluding carboxylic acids is 1. The molecule has 1 amide bonds. The number of benzene rings is 1. The summed E-state index contributed by atoms with van der Waals surface area (Å²) in [5.74, 6) is 2.64. The van der Waals surface area contributed by atoms with Crippen LogP contribution in [-0.2, 0) is 11.3 Å². The van der Waals surface area contributed by atoms with Crippen molar-refractivity contribution in [3.05, 3.63) is 53.7 Å². The van der Waals surface area contributed by atoms with Crippen LogP contribution in [0.2, 0.25) is 0 Å². The summed E-state index contributed by atoms with van der Waals surface area (Å²) < 4.78 is 11.2. The van der Waals surface area contributed by atoms with E-state index < -0.39 is 0 Å². The highest BCUT2D eigenvalue weighted by Crippen LogP contribution is 2.29. The molecule has 1 saturated heterocycles. The minimum atomic E-state index is -0.145.